The third kappa shape index (κ3) is 69.2. The van der Waals surface area contributed by atoms with Crippen LogP contribution in [0, 0.1) is 11.8 Å². The second-order valence-electron chi connectivity index (χ2n) is 28.5. The van der Waals surface area contributed by atoms with Crippen molar-refractivity contribution in [3.63, 3.8) is 0 Å². The summed E-state index contributed by atoms with van der Waals surface area (Å²) in [5.74, 6) is -0.599. The maximum absolute atomic E-state index is 13.1. The maximum atomic E-state index is 13.1. The molecular formula is C77H150O17P2. The summed E-state index contributed by atoms with van der Waals surface area (Å²) in [6.45, 7) is 9.59. The van der Waals surface area contributed by atoms with Crippen molar-refractivity contribution in [2.45, 2.75) is 419 Å². The molecule has 19 heteroatoms. The summed E-state index contributed by atoms with van der Waals surface area (Å²) >= 11 is 0. The molecule has 0 rings (SSSR count). The fourth-order valence-electron chi connectivity index (χ4n) is 11.8. The Balaban J connectivity index is 5.26. The van der Waals surface area contributed by atoms with Gasteiger partial charge in [-0.05, 0) is 37.5 Å². The molecule has 3 unspecified atom stereocenters. The van der Waals surface area contributed by atoms with E-state index in [1.165, 1.54) is 218 Å². The van der Waals surface area contributed by atoms with Crippen molar-refractivity contribution >= 4 is 39.5 Å². The Morgan fingerprint density at radius 1 is 0.302 bits per heavy atom. The zero-order chi connectivity index (χ0) is 70.7. The summed E-state index contributed by atoms with van der Waals surface area (Å²) < 4.78 is 68.6. The number of unbranched alkanes of at least 4 members (excludes halogenated alkanes) is 45. The molecule has 96 heavy (non-hydrogen) atoms. The van der Waals surface area contributed by atoms with E-state index in [0.29, 0.717) is 25.7 Å². The molecule has 0 amide bonds. The van der Waals surface area contributed by atoms with Gasteiger partial charge in [-0.25, -0.2) is 9.13 Å². The van der Waals surface area contributed by atoms with Gasteiger partial charge in [0.25, 0.3) is 0 Å². The van der Waals surface area contributed by atoms with Crippen LogP contribution in [0.5, 0.6) is 0 Å². The molecule has 0 saturated heterocycles. The minimum absolute atomic E-state index is 0.105. The molecule has 0 aliphatic carbocycles. The number of carbonyl (C=O) groups excluding carboxylic acids is 4. The molecule has 0 saturated carbocycles. The van der Waals surface area contributed by atoms with Crippen molar-refractivity contribution in [2.75, 3.05) is 39.6 Å². The van der Waals surface area contributed by atoms with E-state index in [4.69, 9.17) is 37.0 Å². The first-order valence-corrected chi connectivity index (χ1v) is 43.0. The monoisotopic (exact) mass is 1410 g/mol. The van der Waals surface area contributed by atoms with Crippen LogP contribution in [0.25, 0.3) is 0 Å². The van der Waals surface area contributed by atoms with Crippen LogP contribution in [0.15, 0.2) is 0 Å². The Bertz CT molecular complexity index is 1860. The maximum Gasteiger partial charge on any atom is 0.472 e. The minimum Gasteiger partial charge on any atom is -0.462 e. The molecular weight excluding hydrogens is 1260 g/mol. The molecule has 0 aliphatic heterocycles. The van der Waals surface area contributed by atoms with Crippen LogP contribution in [-0.4, -0.2) is 96.7 Å². The molecule has 0 fully saturated rings. The van der Waals surface area contributed by atoms with Crippen molar-refractivity contribution in [3.8, 4) is 0 Å². The van der Waals surface area contributed by atoms with E-state index in [1.54, 1.807) is 0 Å². The average molecular weight is 1410 g/mol. The number of ether oxygens (including phenoxy) is 4. The Labute approximate surface area is 588 Å². The number of rotatable bonds is 76. The van der Waals surface area contributed by atoms with Crippen LogP contribution >= 0.6 is 15.6 Å². The summed E-state index contributed by atoms with van der Waals surface area (Å²) in [5, 5.41) is 10.6. The highest BCUT2D eigenvalue weighted by atomic mass is 31.2. The molecule has 0 aromatic heterocycles. The quantitative estimate of drug-likeness (QED) is 0.0222. The van der Waals surface area contributed by atoms with E-state index in [-0.39, 0.29) is 25.7 Å². The van der Waals surface area contributed by atoms with E-state index in [1.807, 2.05) is 0 Å². The molecule has 0 aromatic carbocycles. The highest BCUT2D eigenvalue weighted by molar-refractivity contribution is 7.47. The van der Waals surface area contributed by atoms with Crippen LogP contribution in [0.4, 0.5) is 0 Å². The van der Waals surface area contributed by atoms with Gasteiger partial charge in [-0.1, -0.05) is 350 Å². The normalized spacial score (nSPS) is 14.3. The number of esters is 4. The summed E-state index contributed by atoms with van der Waals surface area (Å²) in [5.41, 5.74) is 0. The topological polar surface area (TPSA) is 237 Å². The first kappa shape index (κ1) is 94.1. The lowest BCUT2D eigenvalue weighted by molar-refractivity contribution is -0.161. The molecule has 0 bridgehead atoms. The lowest BCUT2D eigenvalue weighted by Crippen LogP contribution is -2.30. The van der Waals surface area contributed by atoms with Gasteiger partial charge < -0.3 is 33.8 Å². The Hall–Kier alpha value is -1.94. The van der Waals surface area contributed by atoms with Gasteiger partial charge in [-0.3, -0.25) is 37.3 Å². The third-order valence-electron chi connectivity index (χ3n) is 18.3. The van der Waals surface area contributed by atoms with Crippen LogP contribution in [0.3, 0.4) is 0 Å². The van der Waals surface area contributed by atoms with Gasteiger partial charge in [-0.15, -0.1) is 0 Å². The first-order chi connectivity index (χ1) is 46.4. The molecule has 0 aromatic rings. The fraction of sp³-hybridized carbons (Fsp3) is 0.948. The zero-order valence-corrected chi connectivity index (χ0v) is 64.5. The van der Waals surface area contributed by atoms with Gasteiger partial charge >= 0.3 is 39.5 Å². The Morgan fingerprint density at radius 2 is 0.531 bits per heavy atom. The van der Waals surface area contributed by atoms with E-state index in [9.17, 15) is 43.2 Å². The van der Waals surface area contributed by atoms with Crippen molar-refractivity contribution in [3.05, 3.63) is 0 Å². The summed E-state index contributed by atoms with van der Waals surface area (Å²) in [7, 11) is -9.91. The molecule has 0 heterocycles. The largest absolute Gasteiger partial charge is 0.472 e. The molecule has 6 atom stereocenters. The van der Waals surface area contributed by atoms with Gasteiger partial charge in [0.2, 0.25) is 0 Å². The second kappa shape index (κ2) is 68.8. The Kier molecular flexibility index (Phi) is 67.4. The van der Waals surface area contributed by atoms with Gasteiger partial charge in [0.05, 0.1) is 26.4 Å². The fourth-order valence-corrected chi connectivity index (χ4v) is 13.4. The number of phosphoric ester groups is 2. The predicted molar refractivity (Wildman–Crippen MR) is 391 cm³/mol. The average Bonchev–Trinajstić information content (AvgIpc) is 2.00. The molecule has 570 valence electrons. The van der Waals surface area contributed by atoms with Crippen molar-refractivity contribution in [1.82, 2.24) is 0 Å². The van der Waals surface area contributed by atoms with Gasteiger partial charge in [-0.2, -0.15) is 0 Å². The molecule has 0 aliphatic rings. The number of aliphatic hydroxyl groups excluding tert-OH is 1. The number of phosphoric acid groups is 2. The minimum atomic E-state index is -4.96. The Morgan fingerprint density at radius 3 is 0.792 bits per heavy atom. The number of aliphatic hydroxyl groups is 1. The van der Waals surface area contributed by atoms with E-state index in [2.05, 4.69) is 41.5 Å². The van der Waals surface area contributed by atoms with Crippen molar-refractivity contribution in [1.29, 1.82) is 0 Å². The summed E-state index contributed by atoms with van der Waals surface area (Å²) in [4.78, 5) is 72.9. The second-order valence-corrected chi connectivity index (χ2v) is 31.4. The van der Waals surface area contributed by atoms with Gasteiger partial charge in [0, 0.05) is 25.7 Å². The lowest BCUT2D eigenvalue weighted by Gasteiger charge is -2.21. The number of hydrogen-bond donors (Lipinski definition) is 3. The summed E-state index contributed by atoms with van der Waals surface area (Å²) in [6, 6.07) is 0. The zero-order valence-electron chi connectivity index (χ0n) is 62.7. The van der Waals surface area contributed by atoms with E-state index >= 15 is 0 Å². The standard InChI is InChI=1S/C77H150O17P2/c1-7-10-12-14-16-18-20-22-24-25-27-29-31-35-43-49-55-61-76(81)93-72(65-87-74(79)59-53-47-41-34-30-28-26-23-21-19-17-15-13-11-8-2)67-91-95(83,84)89-63-71(78)64-90-96(85,86)92-68-73(94-77(82)62-56-50-44-36-32-33-39-45-51-57-69(4)5)66-88-75(80)60-54-48-42-38-37-40-46-52-58-70(6)9-3/h69-73,78H,7-68H2,1-6H3,(H,83,84)(H,85,86)/t70?,71-,72-,73-/m1/s1. The van der Waals surface area contributed by atoms with Crippen LogP contribution in [0.1, 0.15) is 401 Å². The molecule has 17 nitrogen and oxygen atoms in total. The van der Waals surface area contributed by atoms with Crippen molar-refractivity contribution in [2.24, 2.45) is 11.8 Å². The highest BCUT2D eigenvalue weighted by Crippen LogP contribution is 2.45. The SMILES string of the molecule is CCCCCCCCCCCCCCCCCCCC(=O)O[C@H](COC(=O)CCCCCCCCCCCCCCCCC)COP(=O)(O)OC[C@@H](O)COP(=O)(O)OC[C@@H](COC(=O)CCCCCCCCCCC(C)CC)OC(=O)CCCCCCCCCCCC(C)C. The first-order valence-electron chi connectivity index (χ1n) is 40.0. The lowest BCUT2D eigenvalue weighted by atomic mass is 9.99. The number of hydrogen-bond acceptors (Lipinski definition) is 15. The van der Waals surface area contributed by atoms with E-state index in [0.717, 1.165) is 102 Å². The van der Waals surface area contributed by atoms with Crippen molar-refractivity contribution < 1.29 is 80.2 Å². The van der Waals surface area contributed by atoms with E-state index < -0.39 is 97.5 Å². The molecule has 0 radical (unpaired) electrons. The number of carbonyl (C=O) groups is 4. The van der Waals surface area contributed by atoms with Gasteiger partial charge in [0.1, 0.15) is 19.3 Å². The predicted octanol–water partition coefficient (Wildman–Crippen LogP) is 22.7. The van der Waals surface area contributed by atoms with Crippen LogP contribution < -0.4 is 0 Å². The smallest absolute Gasteiger partial charge is 0.462 e. The van der Waals surface area contributed by atoms with Gasteiger partial charge in [0.15, 0.2) is 12.2 Å². The summed E-state index contributed by atoms with van der Waals surface area (Å²) in [6.07, 6.45) is 56.8. The highest BCUT2D eigenvalue weighted by Gasteiger charge is 2.30. The molecule has 0 spiro atoms. The van der Waals surface area contributed by atoms with Crippen LogP contribution in [-0.2, 0) is 65.4 Å². The molecule has 3 N–H and O–H groups in total. The third-order valence-corrected chi connectivity index (χ3v) is 20.2. The van der Waals surface area contributed by atoms with Crippen LogP contribution in [0.2, 0.25) is 0 Å².